The molecule has 0 fully saturated rings. The first-order valence-corrected chi connectivity index (χ1v) is 20.5. The third-order valence-electron chi connectivity index (χ3n) is 9.18. The van der Waals surface area contributed by atoms with Crippen LogP contribution in [-0.4, -0.2) is 24.1 Å². The molecule has 0 N–H and O–H groups in total. The predicted molar refractivity (Wildman–Crippen MR) is 178 cm³/mol. The molecule has 0 bridgehead atoms. The zero-order chi connectivity index (χ0) is 27.3. The van der Waals surface area contributed by atoms with E-state index in [0.717, 1.165) is 5.66 Å². The van der Waals surface area contributed by atoms with Gasteiger partial charge < -0.3 is 0 Å². The molecule has 0 rings (SSSR count). The first kappa shape index (κ1) is 37.4. The topological polar surface area (TPSA) is 0 Å². The minimum Gasteiger partial charge on any atom is -0.0654 e. The summed E-state index contributed by atoms with van der Waals surface area (Å²) in [5.74, 6) is 0. The second-order valence-electron chi connectivity index (χ2n) is 12.7. The molecule has 0 heterocycles. The quantitative estimate of drug-likeness (QED) is 0.0607. The van der Waals surface area contributed by atoms with Gasteiger partial charge in [0.1, 0.15) is 0 Å². The van der Waals surface area contributed by atoms with Crippen molar-refractivity contribution >= 4 is 7.26 Å². The van der Waals surface area contributed by atoms with Crippen molar-refractivity contribution in [2.24, 2.45) is 0 Å². The van der Waals surface area contributed by atoms with Crippen LogP contribution in [0.3, 0.4) is 0 Å². The van der Waals surface area contributed by atoms with Gasteiger partial charge in [-0.05, 0) is 64.2 Å². The molecule has 224 valence electrons. The zero-order valence-electron chi connectivity index (χ0n) is 27.2. The van der Waals surface area contributed by atoms with Crippen LogP contribution in [0, 0.1) is 0 Å². The lowest BCUT2D eigenvalue weighted by atomic mass is 10.0. The number of unbranched alkanes of at least 4 members (excludes halogenated alkanes) is 20. The maximum Gasteiger partial charge on any atom is 0.0697 e. The van der Waals surface area contributed by atoms with E-state index in [-0.39, 0.29) is 0 Å². The van der Waals surface area contributed by atoms with E-state index in [2.05, 4.69) is 34.6 Å². The van der Waals surface area contributed by atoms with E-state index >= 15 is 0 Å². The Kier molecular flexibility index (Phi) is 29.8. The van der Waals surface area contributed by atoms with Crippen LogP contribution in [0.25, 0.3) is 0 Å². The summed E-state index contributed by atoms with van der Waals surface area (Å²) in [5.41, 5.74) is 1.11. The van der Waals surface area contributed by atoms with E-state index < -0.39 is 7.26 Å². The lowest BCUT2D eigenvalue weighted by molar-refractivity contribution is 0.530. The van der Waals surface area contributed by atoms with Gasteiger partial charge in [-0.25, -0.2) is 0 Å². The maximum absolute atomic E-state index is 2.39. The van der Waals surface area contributed by atoms with Gasteiger partial charge in [-0.1, -0.05) is 144 Å². The predicted octanol–water partition coefficient (Wildman–Crippen LogP) is 14.0. The van der Waals surface area contributed by atoms with Gasteiger partial charge in [-0.3, -0.25) is 0 Å². The highest BCUT2D eigenvalue weighted by Gasteiger charge is 2.43. The Morgan fingerprint density at radius 3 is 0.865 bits per heavy atom. The van der Waals surface area contributed by atoms with Crippen LogP contribution in [0.2, 0.25) is 0 Å². The Morgan fingerprint density at radius 2 is 0.541 bits per heavy atom. The molecule has 0 saturated heterocycles. The van der Waals surface area contributed by atoms with Crippen LogP contribution >= 0.6 is 7.26 Å². The van der Waals surface area contributed by atoms with E-state index in [1.807, 2.05) is 0 Å². The fraction of sp³-hybridized carbons (Fsp3) is 1.00. The average molecular weight is 540 g/mol. The van der Waals surface area contributed by atoms with Gasteiger partial charge in [0, 0.05) is 7.26 Å². The molecule has 1 atom stereocenters. The van der Waals surface area contributed by atoms with Crippen LogP contribution in [-0.2, 0) is 0 Å². The molecule has 0 aromatic rings. The van der Waals surface area contributed by atoms with E-state index in [4.69, 9.17) is 0 Å². The van der Waals surface area contributed by atoms with Crippen molar-refractivity contribution in [1.82, 2.24) is 0 Å². The summed E-state index contributed by atoms with van der Waals surface area (Å²) in [6, 6.07) is 0. The van der Waals surface area contributed by atoms with E-state index in [1.54, 1.807) is 50.6 Å². The molecule has 0 aliphatic carbocycles. The third kappa shape index (κ3) is 21.9. The molecule has 0 aliphatic rings. The molecule has 0 amide bonds. The summed E-state index contributed by atoms with van der Waals surface area (Å²) in [5, 5.41) is 0. The molecule has 0 radical (unpaired) electrons. The van der Waals surface area contributed by atoms with Crippen molar-refractivity contribution in [1.29, 1.82) is 0 Å². The number of hydrogen-bond acceptors (Lipinski definition) is 0. The van der Waals surface area contributed by atoms with Gasteiger partial charge in [0.2, 0.25) is 0 Å². The first-order chi connectivity index (χ1) is 18.2. The molecular weight excluding hydrogens is 463 g/mol. The van der Waals surface area contributed by atoms with Crippen molar-refractivity contribution in [3.63, 3.8) is 0 Å². The van der Waals surface area contributed by atoms with Gasteiger partial charge in [-0.2, -0.15) is 0 Å². The molecular formula is C36H76P+. The fourth-order valence-electron chi connectivity index (χ4n) is 6.63. The molecule has 0 aromatic carbocycles. The average Bonchev–Trinajstić information content (AvgIpc) is 2.91. The Labute approximate surface area is 239 Å². The van der Waals surface area contributed by atoms with Gasteiger partial charge in [-0.15, -0.1) is 0 Å². The normalized spacial score (nSPS) is 12.9. The minimum atomic E-state index is -0.850. The molecule has 0 nitrogen and oxygen atoms in total. The van der Waals surface area contributed by atoms with E-state index in [1.165, 1.54) is 141 Å². The number of hydrogen-bond donors (Lipinski definition) is 0. The van der Waals surface area contributed by atoms with Gasteiger partial charge in [0.25, 0.3) is 0 Å². The van der Waals surface area contributed by atoms with Crippen LogP contribution < -0.4 is 0 Å². The summed E-state index contributed by atoms with van der Waals surface area (Å²) >= 11 is 0. The van der Waals surface area contributed by atoms with Crippen molar-refractivity contribution in [2.75, 3.05) is 18.5 Å². The van der Waals surface area contributed by atoms with Crippen molar-refractivity contribution in [2.45, 2.75) is 214 Å². The Morgan fingerprint density at radius 1 is 0.297 bits per heavy atom. The summed E-state index contributed by atoms with van der Waals surface area (Å²) < 4.78 is 0. The molecule has 37 heavy (non-hydrogen) atoms. The SMILES string of the molecule is CCCCCCCCCCCC(CCCCCC)[P+](CCCCCC)(CCCCCC)CCCCCC. The minimum absolute atomic E-state index is 0.850. The maximum atomic E-state index is 2.39. The molecule has 0 saturated carbocycles. The fourth-order valence-corrected chi connectivity index (χ4v) is 12.4. The Hall–Kier alpha value is 0.430. The second-order valence-corrected chi connectivity index (χ2v) is 17.2. The monoisotopic (exact) mass is 540 g/mol. The van der Waals surface area contributed by atoms with Crippen LogP contribution in [0.15, 0.2) is 0 Å². The zero-order valence-corrected chi connectivity index (χ0v) is 28.1. The number of rotatable bonds is 31. The molecule has 1 heteroatoms. The second kappa shape index (κ2) is 29.4. The van der Waals surface area contributed by atoms with Gasteiger partial charge in [0.05, 0.1) is 24.1 Å². The van der Waals surface area contributed by atoms with Crippen molar-refractivity contribution in [3.8, 4) is 0 Å². The lowest BCUT2D eigenvalue weighted by Crippen LogP contribution is -2.23. The highest BCUT2D eigenvalue weighted by Crippen LogP contribution is 2.67. The van der Waals surface area contributed by atoms with Crippen molar-refractivity contribution in [3.05, 3.63) is 0 Å². The summed E-state index contributed by atoms with van der Waals surface area (Å²) in [6.07, 6.45) is 45.0. The molecule has 1 unspecified atom stereocenters. The standard InChI is InChI=1S/C36H76P/c1-6-11-16-21-22-23-24-25-27-32-36(31-26-17-12-7-2)37(33-28-18-13-8-3,34-29-19-14-9-4)35-30-20-15-10-5/h36H,6-35H2,1-5H3/q+1. The van der Waals surface area contributed by atoms with Crippen molar-refractivity contribution < 1.29 is 0 Å². The smallest absolute Gasteiger partial charge is 0.0654 e. The van der Waals surface area contributed by atoms with Gasteiger partial charge >= 0.3 is 0 Å². The summed E-state index contributed by atoms with van der Waals surface area (Å²) in [6.45, 7) is 11.9. The Bertz CT molecular complexity index is 386. The summed E-state index contributed by atoms with van der Waals surface area (Å²) in [7, 11) is -0.850. The van der Waals surface area contributed by atoms with Gasteiger partial charge in [0.15, 0.2) is 0 Å². The van der Waals surface area contributed by atoms with Crippen LogP contribution in [0.1, 0.15) is 208 Å². The molecule has 0 aliphatic heterocycles. The molecule has 0 aromatic heterocycles. The third-order valence-corrected chi connectivity index (χ3v) is 14.9. The lowest BCUT2D eigenvalue weighted by Gasteiger charge is -2.36. The highest BCUT2D eigenvalue weighted by atomic mass is 31.2. The van der Waals surface area contributed by atoms with Crippen LogP contribution in [0.4, 0.5) is 0 Å². The van der Waals surface area contributed by atoms with E-state index in [9.17, 15) is 0 Å². The largest absolute Gasteiger partial charge is 0.0697 e. The van der Waals surface area contributed by atoms with E-state index in [0.29, 0.717) is 0 Å². The Balaban J connectivity index is 5.29. The molecule has 0 spiro atoms. The van der Waals surface area contributed by atoms with Crippen LogP contribution in [0.5, 0.6) is 0 Å². The first-order valence-electron chi connectivity index (χ1n) is 18.1. The summed E-state index contributed by atoms with van der Waals surface area (Å²) in [4.78, 5) is 0. The highest BCUT2D eigenvalue weighted by molar-refractivity contribution is 7.76.